The van der Waals surface area contributed by atoms with E-state index in [1.807, 2.05) is 11.9 Å². The van der Waals surface area contributed by atoms with Gasteiger partial charge >= 0.3 is 0 Å². The minimum absolute atomic E-state index is 0.00759. The Morgan fingerprint density at radius 3 is 2.82 bits per heavy atom. The van der Waals surface area contributed by atoms with E-state index in [0.717, 1.165) is 0 Å². The first-order valence-electron chi connectivity index (χ1n) is 5.72. The predicted molar refractivity (Wildman–Crippen MR) is 65.4 cm³/mol. The van der Waals surface area contributed by atoms with E-state index >= 15 is 0 Å². The molecule has 1 atom stereocenters. The highest BCUT2D eigenvalue weighted by Crippen LogP contribution is 2.31. The molecule has 1 unspecified atom stereocenters. The zero-order chi connectivity index (χ0) is 12.4. The number of para-hydroxylation sites is 2. The Morgan fingerprint density at radius 1 is 1.47 bits per heavy atom. The molecular weight excluding hydrogens is 218 g/mol. The third-order valence-corrected chi connectivity index (χ3v) is 3.01. The van der Waals surface area contributed by atoms with Crippen LogP contribution in [-0.4, -0.2) is 35.2 Å². The molecule has 1 saturated heterocycles. The average molecular weight is 235 g/mol. The third-order valence-electron chi connectivity index (χ3n) is 3.01. The number of rotatable bonds is 3. The fourth-order valence-electron chi connectivity index (χ4n) is 2.01. The highest BCUT2D eigenvalue weighted by atomic mass is 16.3. The molecule has 2 rings (SSSR count). The van der Waals surface area contributed by atoms with Crippen molar-refractivity contribution in [2.24, 2.45) is 5.73 Å². The normalized spacial score (nSPS) is 18.7. The number of anilines is 1. The smallest absolute Gasteiger partial charge is 0.243 e. The molecule has 0 bridgehead atoms. The van der Waals surface area contributed by atoms with Crippen molar-refractivity contribution < 1.29 is 9.90 Å². The van der Waals surface area contributed by atoms with Crippen molar-refractivity contribution in [3.05, 3.63) is 24.3 Å². The van der Waals surface area contributed by atoms with Gasteiger partial charge in [-0.2, -0.15) is 0 Å². The third kappa shape index (κ3) is 2.11. The van der Waals surface area contributed by atoms with E-state index in [1.54, 1.807) is 24.3 Å². The predicted octanol–water partition coefficient (Wildman–Crippen LogP) is 0.693. The minimum atomic E-state index is -0.00759. The summed E-state index contributed by atoms with van der Waals surface area (Å²) in [6, 6.07) is 6.91. The van der Waals surface area contributed by atoms with Gasteiger partial charge in [-0.1, -0.05) is 12.1 Å². The second-order valence-electron chi connectivity index (χ2n) is 4.19. The lowest BCUT2D eigenvalue weighted by Crippen LogP contribution is -2.47. The summed E-state index contributed by atoms with van der Waals surface area (Å²) in [5.74, 6) is 0.101. The Labute approximate surface area is 100 Å². The maximum atomic E-state index is 11.9. The molecule has 5 heteroatoms. The standard InChI is InChI=1S/C12H17N3O2/c1-9(8-13)14-7-6-12(17)15(14)10-4-2-3-5-11(10)16/h2-5,9,16H,6-8,13H2,1H3. The van der Waals surface area contributed by atoms with Crippen LogP contribution in [0.4, 0.5) is 5.69 Å². The van der Waals surface area contributed by atoms with E-state index < -0.39 is 0 Å². The number of aromatic hydroxyl groups is 1. The molecule has 1 amide bonds. The summed E-state index contributed by atoms with van der Waals surface area (Å²) in [5, 5.41) is 13.2. The number of phenols is 1. The van der Waals surface area contributed by atoms with Crippen LogP contribution >= 0.6 is 0 Å². The number of carbonyl (C=O) groups excluding carboxylic acids is 1. The van der Waals surface area contributed by atoms with Gasteiger partial charge in [0.25, 0.3) is 0 Å². The van der Waals surface area contributed by atoms with E-state index in [0.29, 0.717) is 25.2 Å². The van der Waals surface area contributed by atoms with Crippen molar-refractivity contribution in [3.63, 3.8) is 0 Å². The van der Waals surface area contributed by atoms with Gasteiger partial charge in [0, 0.05) is 25.6 Å². The van der Waals surface area contributed by atoms with Crippen LogP contribution in [0.3, 0.4) is 0 Å². The Kier molecular flexibility index (Phi) is 3.31. The maximum Gasteiger partial charge on any atom is 0.243 e. The van der Waals surface area contributed by atoms with Crippen molar-refractivity contribution in [2.45, 2.75) is 19.4 Å². The number of carbonyl (C=O) groups is 1. The van der Waals surface area contributed by atoms with Crippen molar-refractivity contribution in [2.75, 3.05) is 18.1 Å². The summed E-state index contributed by atoms with van der Waals surface area (Å²) in [6.45, 7) is 3.08. The van der Waals surface area contributed by atoms with Crippen LogP contribution in [0.1, 0.15) is 13.3 Å². The highest BCUT2D eigenvalue weighted by molar-refractivity contribution is 5.95. The number of hydrazine groups is 1. The molecule has 0 aromatic heterocycles. The summed E-state index contributed by atoms with van der Waals surface area (Å²) in [4.78, 5) is 11.9. The van der Waals surface area contributed by atoms with Crippen molar-refractivity contribution in [1.82, 2.24) is 5.01 Å². The maximum absolute atomic E-state index is 11.9. The zero-order valence-corrected chi connectivity index (χ0v) is 9.84. The number of hydrogen-bond donors (Lipinski definition) is 2. The summed E-state index contributed by atoms with van der Waals surface area (Å²) < 4.78 is 0. The molecule has 17 heavy (non-hydrogen) atoms. The topological polar surface area (TPSA) is 69.8 Å². The summed E-state index contributed by atoms with van der Waals surface area (Å²) in [5.41, 5.74) is 6.16. The van der Waals surface area contributed by atoms with Gasteiger partial charge in [0.15, 0.2) is 0 Å². The number of nitrogens with zero attached hydrogens (tertiary/aromatic N) is 2. The molecule has 1 aromatic rings. The molecule has 1 aliphatic rings. The Balaban J connectivity index is 2.34. The van der Waals surface area contributed by atoms with Gasteiger partial charge in [-0.05, 0) is 19.1 Å². The summed E-state index contributed by atoms with van der Waals surface area (Å²) in [7, 11) is 0. The molecule has 0 saturated carbocycles. The number of amides is 1. The van der Waals surface area contributed by atoms with Crippen molar-refractivity contribution >= 4 is 11.6 Å². The molecule has 1 heterocycles. The Hall–Kier alpha value is -1.59. The molecule has 1 fully saturated rings. The molecule has 1 aromatic carbocycles. The molecule has 0 aliphatic carbocycles. The first-order chi connectivity index (χ1) is 8.15. The van der Waals surface area contributed by atoms with Crippen LogP contribution in [0.2, 0.25) is 0 Å². The lowest BCUT2D eigenvalue weighted by Gasteiger charge is -2.32. The van der Waals surface area contributed by atoms with E-state index in [2.05, 4.69) is 0 Å². The Morgan fingerprint density at radius 2 is 2.18 bits per heavy atom. The van der Waals surface area contributed by atoms with Crippen LogP contribution < -0.4 is 10.7 Å². The van der Waals surface area contributed by atoms with Crippen LogP contribution in [0, 0.1) is 0 Å². The fourth-order valence-corrected chi connectivity index (χ4v) is 2.01. The van der Waals surface area contributed by atoms with Crippen LogP contribution in [0.15, 0.2) is 24.3 Å². The van der Waals surface area contributed by atoms with Crippen molar-refractivity contribution in [1.29, 1.82) is 0 Å². The van der Waals surface area contributed by atoms with Gasteiger partial charge in [0.1, 0.15) is 11.4 Å². The number of hydrogen-bond acceptors (Lipinski definition) is 4. The number of nitrogens with two attached hydrogens (primary N) is 1. The first-order valence-corrected chi connectivity index (χ1v) is 5.72. The largest absolute Gasteiger partial charge is 0.506 e. The second-order valence-corrected chi connectivity index (χ2v) is 4.19. The van der Waals surface area contributed by atoms with Crippen LogP contribution in [0.25, 0.3) is 0 Å². The van der Waals surface area contributed by atoms with Crippen molar-refractivity contribution in [3.8, 4) is 5.75 Å². The first kappa shape index (κ1) is 11.9. The van der Waals surface area contributed by atoms with E-state index in [1.165, 1.54) is 5.01 Å². The monoisotopic (exact) mass is 235 g/mol. The zero-order valence-electron chi connectivity index (χ0n) is 9.84. The van der Waals surface area contributed by atoms with Crippen LogP contribution in [-0.2, 0) is 4.79 Å². The molecule has 5 nitrogen and oxygen atoms in total. The molecule has 0 spiro atoms. The molecule has 1 aliphatic heterocycles. The number of phenolic OH excluding ortho intramolecular Hbond substituents is 1. The minimum Gasteiger partial charge on any atom is -0.506 e. The van der Waals surface area contributed by atoms with Gasteiger partial charge in [0.05, 0.1) is 0 Å². The highest BCUT2D eigenvalue weighted by Gasteiger charge is 2.34. The van der Waals surface area contributed by atoms with Gasteiger partial charge in [-0.25, -0.2) is 10.0 Å². The quantitative estimate of drug-likeness (QED) is 0.809. The van der Waals surface area contributed by atoms with E-state index in [9.17, 15) is 9.90 Å². The van der Waals surface area contributed by atoms with Crippen LogP contribution in [0.5, 0.6) is 5.75 Å². The van der Waals surface area contributed by atoms with Gasteiger partial charge in [-0.15, -0.1) is 0 Å². The van der Waals surface area contributed by atoms with Gasteiger partial charge < -0.3 is 10.8 Å². The number of benzene rings is 1. The summed E-state index contributed by atoms with van der Waals surface area (Å²) in [6.07, 6.45) is 0.457. The molecule has 3 N–H and O–H groups in total. The van der Waals surface area contributed by atoms with E-state index in [-0.39, 0.29) is 17.7 Å². The lowest BCUT2D eigenvalue weighted by molar-refractivity contribution is -0.118. The molecule has 92 valence electrons. The summed E-state index contributed by atoms with van der Waals surface area (Å²) >= 11 is 0. The molecular formula is C12H17N3O2. The van der Waals surface area contributed by atoms with Gasteiger partial charge in [-0.3, -0.25) is 4.79 Å². The van der Waals surface area contributed by atoms with E-state index in [4.69, 9.17) is 5.73 Å². The second kappa shape index (κ2) is 4.73. The Bertz CT molecular complexity index is 422. The lowest BCUT2D eigenvalue weighted by atomic mass is 10.3. The SMILES string of the molecule is CC(CN)N1CCC(=O)N1c1ccccc1O. The average Bonchev–Trinajstić information content (AvgIpc) is 2.71. The van der Waals surface area contributed by atoms with Gasteiger partial charge in [0.2, 0.25) is 5.91 Å². The molecule has 0 radical (unpaired) electrons. The fraction of sp³-hybridized carbons (Fsp3) is 0.417.